The van der Waals surface area contributed by atoms with E-state index in [0.29, 0.717) is 30.8 Å². The van der Waals surface area contributed by atoms with Gasteiger partial charge in [0.1, 0.15) is 11.6 Å². The third-order valence-corrected chi connectivity index (χ3v) is 3.78. The molecule has 1 N–H and O–H groups in total. The number of fused-ring (bicyclic) bond motifs is 1. The summed E-state index contributed by atoms with van der Waals surface area (Å²) in [6.45, 7) is 0.653. The molecule has 20 heavy (non-hydrogen) atoms. The van der Waals surface area contributed by atoms with Gasteiger partial charge in [-0.15, -0.1) is 11.6 Å². The lowest BCUT2D eigenvalue weighted by Crippen LogP contribution is -2.30. The summed E-state index contributed by atoms with van der Waals surface area (Å²) in [5.74, 6) is 1.09. The first-order valence-electron chi connectivity index (χ1n) is 6.67. The van der Waals surface area contributed by atoms with Crippen molar-refractivity contribution in [1.82, 2.24) is 14.9 Å². The molecule has 1 saturated heterocycles. The van der Waals surface area contributed by atoms with Gasteiger partial charge in [0.05, 0.1) is 11.0 Å². The van der Waals surface area contributed by atoms with E-state index in [4.69, 9.17) is 11.6 Å². The summed E-state index contributed by atoms with van der Waals surface area (Å²) in [6, 6.07) is 4.69. The number of amides is 1. The highest BCUT2D eigenvalue weighted by Crippen LogP contribution is 2.20. The highest BCUT2D eigenvalue weighted by Gasteiger charge is 2.23. The third kappa shape index (κ3) is 2.50. The van der Waals surface area contributed by atoms with Crippen LogP contribution in [0.2, 0.25) is 0 Å². The SMILES string of the molecule is O=C1CCC(Cn2c(CCCl)nc3cc(F)ccc32)N1. The van der Waals surface area contributed by atoms with Crippen LogP contribution < -0.4 is 5.32 Å². The molecule has 1 fully saturated rings. The molecule has 6 heteroatoms. The van der Waals surface area contributed by atoms with Gasteiger partial charge in [-0.25, -0.2) is 9.37 Å². The van der Waals surface area contributed by atoms with Crippen LogP contribution in [0.1, 0.15) is 18.7 Å². The van der Waals surface area contributed by atoms with Gasteiger partial charge in [-0.1, -0.05) is 0 Å². The molecule has 1 aromatic carbocycles. The molecule has 1 aliphatic heterocycles. The lowest BCUT2D eigenvalue weighted by atomic mass is 10.2. The molecule has 1 amide bonds. The van der Waals surface area contributed by atoms with Crippen LogP contribution in [0, 0.1) is 5.82 Å². The standard InChI is InChI=1S/C14H15ClFN3O/c15-6-5-13-18-11-7-9(16)1-3-12(11)19(13)8-10-2-4-14(20)17-10/h1,3,7,10H,2,4-6,8H2,(H,17,20). The van der Waals surface area contributed by atoms with E-state index in [9.17, 15) is 9.18 Å². The van der Waals surface area contributed by atoms with E-state index < -0.39 is 0 Å². The number of aromatic nitrogens is 2. The lowest BCUT2D eigenvalue weighted by Gasteiger charge is -2.14. The maximum atomic E-state index is 13.3. The van der Waals surface area contributed by atoms with Crippen LogP contribution in [0.25, 0.3) is 11.0 Å². The minimum Gasteiger partial charge on any atom is -0.352 e. The van der Waals surface area contributed by atoms with Crippen molar-refractivity contribution in [3.8, 4) is 0 Å². The zero-order valence-corrected chi connectivity index (χ0v) is 11.7. The van der Waals surface area contributed by atoms with Crippen molar-refractivity contribution in [2.75, 3.05) is 5.88 Å². The highest BCUT2D eigenvalue weighted by molar-refractivity contribution is 6.17. The normalized spacial score (nSPS) is 18.7. The lowest BCUT2D eigenvalue weighted by molar-refractivity contribution is -0.119. The first kappa shape index (κ1) is 13.4. The van der Waals surface area contributed by atoms with Crippen LogP contribution in [0.4, 0.5) is 4.39 Å². The van der Waals surface area contributed by atoms with E-state index in [1.807, 2.05) is 4.57 Å². The minimum atomic E-state index is -0.297. The second-order valence-electron chi connectivity index (χ2n) is 5.01. The van der Waals surface area contributed by atoms with Gasteiger partial charge < -0.3 is 9.88 Å². The number of benzene rings is 1. The second-order valence-corrected chi connectivity index (χ2v) is 5.39. The molecule has 0 radical (unpaired) electrons. The second kappa shape index (κ2) is 5.40. The van der Waals surface area contributed by atoms with Gasteiger partial charge in [-0.3, -0.25) is 4.79 Å². The predicted octanol–water partition coefficient (Wildman–Crippen LogP) is 2.24. The number of carbonyl (C=O) groups excluding carboxylic acids is 1. The minimum absolute atomic E-state index is 0.0874. The summed E-state index contributed by atoms with van der Waals surface area (Å²) < 4.78 is 15.3. The number of aryl methyl sites for hydroxylation is 1. The maximum Gasteiger partial charge on any atom is 0.220 e. The van der Waals surface area contributed by atoms with Gasteiger partial charge in [0.2, 0.25) is 5.91 Å². The molecule has 0 saturated carbocycles. The van der Waals surface area contributed by atoms with Crippen molar-refractivity contribution >= 4 is 28.5 Å². The molecular formula is C14H15ClFN3O. The molecule has 4 nitrogen and oxygen atoms in total. The Balaban J connectivity index is 1.97. The molecule has 1 unspecified atom stereocenters. The molecule has 106 valence electrons. The van der Waals surface area contributed by atoms with Crippen LogP contribution in [0.5, 0.6) is 0 Å². The Morgan fingerprint density at radius 1 is 1.50 bits per heavy atom. The van der Waals surface area contributed by atoms with Crippen molar-refractivity contribution in [2.45, 2.75) is 31.8 Å². The average molecular weight is 296 g/mol. The van der Waals surface area contributed by atoms with Gasteiger partial charge in [-0.2, -0.15) is 0 Å². The van der Waals surface area contributed by atoms with Crippen molar-refractivity contribution < 1.29 is 9.18 Å². The molecule has 0 aliphatic carbocycles. The van der Waals surface area contributed by atoms with Crippen LogP contribution in [0.15, 0.2) is 18.2 Å². The monoisotopic (exact) mass is 295 g/mol. The summed E-state index contributed by atoms with van der Waals surface area (Å²) >= 11 is 5.81. The molecule has 1 atom stereocenters. The smallest absolute Gasteiger partial charge is 0.220 e. The maximum absolute atomic E-state index is 13.3. The van der Waals surface area contributed by atoms with E-state index in [1.165, 1.54) is 12.1 Å². The fraction of sp³-hybridized carbons (Fsp3) is 0.429. The molecule has 1 aliphatic rings. The largest absolute Gasteiger partial charge is 0.352 e. The van der Waals surface area contributed by atoms with Gasteiger partial charge in [0, 0.05) is 37.4 Å². The molecule has 3 rings (SSSR count). The van der Waals surface area contributed by atoms with E-state index >= 15 is 0 Å². The zero-order valence-electron chi connectivity index (χ0n) is 10.9. The number of imidazole rings is 1. The van der Waals surface area contributed by atoms with Crippen molar-refractivity contribution in [2.24, 2.45) is 0 Å². The average Bonchev–Trinajstić information content (AvgIpc) is 2.95. The van der Waals surface area contributed by atoms with E-state index in [1.54, 1.807) is 6.07 Å². The number of hydrogen-bond acceptors (Lipinski definition) is 2. The molecule has 2 heterocycles. The third-order valence-electron chi connectivity index (χ3n) is 3.60. The topological polar surface area (TPSA) is 46.9 Å². The van der Waals surface area contributed by atoms with Gasteiger partial charge in [0.15, 0.2) is 0 Å². The van der Waals surface area contributed by atoms with Gasteiger partial charge in [-0.05, 0) is 18.6 Å². The van der Waals surface area contributed by atoms with Gasteiger partial charge in [0.25, 0.3) is 0 Å². The van der Waals surface area contributed by atoms with Crippen molar-refractivity contribution in [3.05, 3.63) is 29.8 Å². The van der Waals surface area contributed by atoms with E-state index in [-0.39, 0.29) is 17.8 Å². The Labute approximate surface area is 120 Å². The predicted molar refractivity (Wildman–Crippen MR) is 75.3 cm³/mol. The number of nitrogens with zero attached hydrogens (tertiary/aromatic N) is 2. The quantitative estimate of drug-likeness (QED) is 0.879. The number of nitrogens with one attached hydrogen (secondary N) is 1. The highest BCUT2D eigenvalue weighted by atomic mass is 35.5. The Morgan fingerprint density at radius 3 is 3.05 bits per heavy atom. The van der Waals surface area contributed by atoms with Gasteiger partial charge >= 0.3 is 0 Å². The van der Waals surface area contributed by atoms with Crippen LogP contribution >= 0.6 is 11.6 Å². The summed E-state index contributed by atoms with van der Waals surface area (Å²) in [5, 5.41) is 2.94. The summed E-state index contributed by atoms with van der Waals surface area (Å²) in [4.78, 5) is 15.7. The Morgan fingerprint density at radius 2 is 2.35 bits per heavy atom. The zero-order chi connectivity index (χ0) is 14.1. The number of hydrogen-bond donors (Lipinski definition) is 1. The number of alkyl halides is 1. The summed E-state index contributed by atoms with van der Waals surface area (Å²) in [5.41, 5.74) is 1.52. The van der Waals surface area contributed by atoms with E-state index in [2.05, 4.69) is 10.3 Å². The first-order chi connectivity index (χ1) is 9.67. The van der Waals surface area contributed by atoms with Crippen LogP contribution in [-0.4, -0.2) is 27.4 Å². The number of rotatable bonds is 4. The Hall–Kier alpha value is -1.62. The van der Waals surface area contributed by atoms with Crippen LogP contribution in [0.3, 0.4) is 0 Å². The molecule has 0 spiro atoms. The number of halogens is 2. The Kier molecular flexibility index (Phi) is 3.61. The van der Waals surface area contributed by atoms with E-state index in [0.717, 1.165) is 17.8 Å². The number of carbonyl (C=O) groups is 1. The molecular weight excluding hydrogens is 281 g/mol. The fourth-order valence-electron chi connectivity index (χ4n) is 2.67. The summed E-state index contributed by atoms with van der Waals surface area (Å²) in [7, 11) is 0. The fourth-order valence-corrected chi connectivity index (χ4v) is 2.84. The molecule has 2 aromatic rings. The van der Waals surface area contributed by atoms with Crippen LogP contribution in [-0.2, 0) is 17.8 Å². The summed E-state index contributed by atoms with van der Waals surface area (Å²) in [6.07, 6.45) is 2.01. The Bertz CT molecular complexity index is 655. The molecule has 1 aromatic heterocycles. The van der Waals surface area contributed by atoms with Crippen molar-refractivity contribution in [3.63, 3.8) is 0 Å². The first-order valence-corrected chi connectivity index (χ1v) is 7.21. The van der Waals surface area contributed by atoms with Crippen molar-refractivity contribution in [1.29, 1.82) is 0 Å². The molecule has 0 bridgehead atoms.